The van der Waals surface area contributed by atoms with E-state index in [-0.39, 0.29) is 11.8 Å². The van der Waals surface area contributed by atoms with E-state index in [1.807, 2.05) is 24.3 Å². The molecule has 24 heavy (non-hydrogen) atoms. The Kier molecular flexibility index (Phi) is 4.61. The highest BCUT2D eigenvalue weighted by Gasteiger charge is 2.08. The summed E-state index contributed by atoms with van der Waals surface area (Å²) >= 11 is 0. The van der Waals surface area contributed by atoms with Crippen molar-refractivity contribution in [2.24, 2.45) is 0 Å². The van der Waals surface area contributed by atoms with Gasteiger partial charge in [-0.3, -0.25) is 9.59 Å². The van der Waals surface area contributed by atoms with E-state index in [4.69, 9.17) is 4.42 Å². The van der Waals surface area contributed by atoms with E-state index in [0.29, 0.717) is 24.2 Å². The minimum Gasteiger partial charge on any atom is -0.464 e. The molecule has 0 spiro atoms. The highest BCUT2D eigenvalue weighted by Crippen LogP contribution is 2.20. The average molecular weight is 322 g/mol. The summed E-state index contributed by atoms with van der Waals surface area (Å²) in [6.07, 6.45) is 2.42. The van der Waals surface area contributed by atoms with Gasteiger partial charge in [0.2, 0.25) is 5.91 Å². The molecule has 0 bridgehead atoms. The molecule has 2 amide bonds. The lowest BCUT2D eigenvalue weighted by Crippen LogP contribution is -2.25. The summed E-state index contributed by atoms with van der Waals surface area (Å²) in [5.41, 5.74) is 3.04. The highest BCUT2D eigenvalue weighted by atomic mass is 16.3. The number of benzene rings is 2. The molecule has 0 atom stereocenters. The maximum absolute atomic E-state index is 12.2. The third-order valence-corrected chi connectivity index (χ3v) is 3.69. The van der Waals surface area contributed by atoms with Gasteiger partial charge in [0.1, 0.15) is 5.58 Å². The van der Waals surface area contributed by atoms with Crippen LogP contribution >= 0.6 is 0 Å². The molecular weight excluding hydrogens is 304 g/mol. The topological polar surface area (TPSA) is 71.3 Å². The van der Waals surface area contributed by atoms with Crippen LogP contribution in [-0.2, 0) is 11.2 Å². The van der Waals surface area contributed by atoms with Gasteiger partial charge in [0, 0.05) is 30.1 Å². The number of nitrogens with one attached hydrogen (secondary N) is 2. The second kappa shape index (κ2) is 7.00. The molecule has 0 aliphatic rings. The molecule has 0 aliphatic heterocycles. The monoisotopic (exact) mass is 322 g/mol. The first kappa shape index (κ1) is 15.8. The van der Waals surface area contributed by atoms with Gasteiger partial charge in [0.05, 0.1) is 6.26 Å². The molecule has 0 fully saturated rings. The van der Waals surface area contributed by atoms with Crippen molar-refractivity contribution in [3.8, 4) is 0 Å². The first-order valence-electron chi connectivity index (χ1n) is 7.74. The Balaban J connectivity index is 1.60. The fraction of sp³-hybridized carbons (Fsp3) is 0.158. The number of rotatable bonds is 5. The summed E-state index contributed by atoms with van der Waals surface area (Å²) in [4.78, 5) is 23.3. The summed E-state index contributed by atoms with van der Waals surface area (Å²) in [6, 6.07) is 14.7. The minimum absolute atomic E-state index is 0.167. The van der Waals surface area contributed by atoms with Crippen LogP contribution in [0.4, 0.5) is 5.69 Å². The number of hydrogen-bond acceptors (Lipinski definition) is 3. The Morgan fingerprint density at radius 1 is 1.08 bits per heavy atom. The van der Waals surface area contributed by atoms with Crippen LogP contribution in [-0.4, -0.2) is 18.4 Å². The summed E-state index contributed by atoms with van der Waals surface area (Å²) in [5.74, 6) is -0.339. The quantitative estimate of drug-likeness (QED) is 0.756. The van der Waals surface area contributed by atoms with Crippen molar-refractivity contribution in [1.82, 2.24) is 5.32 Å². The van der Waals surface area contributed by atoms with Crippen LogP contribution < -0.4 is 10.6 Å². The molecule has 0 radical (unpaired) electrons. The third-order valence-electron chi connectivity index (χ3n) is 3.69. The molecule has 3 aromatic rings. The lowest BCUT2D eigenvalue weighted by Gasteiger charge is -2.07. The number of hydrogen-bond donors (Lipinski definition) is 2. The van der Waals surface area contributed by atoms with Crippen LogP contribution in [0.3, 0.4) is 0 Å². The Bertz CT molecular complexity index is 883. The van der Waals surface area contributed by atoms with Crippen molar-refractivity contribution in [3.05, 3.63) is 65.9 Å². The molecule has 0 unspecified atom stereocenters. The SMILES string of the molecule is CC(=O)Nc1cccc(C(=O)NCCc2coc3ccccc23)c1. The predicted octanol–water partition coefficient (Wildman–Crippen LogP) is 3.36. The van der Waals surface area contributed by atoms with Crippen molar-refractivity contribution >= 4 is 28.5 Å². The van der Waals surface area contributed by atoms with E-state index in [1.54, 1.807) is 30.5 Å². The minimum atomic E-state index is -0.171. The van der Waals surface area contributed by atoms with Gasteiger partial charge in [-0.25, -0.2) is 0 Å². The molecule has 3 rings (SSSR count). The van der Waals surface area contributed by atoms with Gasteiger partial charge < -0.3 is 15.1 Å². The van der Waals surface area contributed by atoms with Crippen molar-refractivity contribution in [2.45, 2.75) is 13.3 Å². The first-order valence-corrected chi connectivity index (χ1v) is 7.74. The van der Waals surface area contributed by atoms with Gasteiger partial charge in [-0.05, 0) is 36.2 Å². The molecule has 0 saturated carbocycles. The van der Waals surface area contributed by atoms with E-state index >= 15 is 0 Å². The van der Waals surface area contributed by atoms with Gasteiger partial charge in [-0.2, -0.15) is 0 Å². The third kappa shape index (κ3) is 3.63. The van der Waals surface area contributed by atoms with Gasteiger partial charge in [0.25, 0.3) is 5.91 Å². The Labute approximate surface area is 139 Å². The number of carbonyl (C=O) groups excluding carboxylic acids is 2. The van der Waals surface area contributed by atoms with Crippen LogP contribution in [0.5, 0.6) is 0 Å². The van der Waals surface area contributed by atoms with Gasteiger partial charge >= 0.3 is 0 Å². The molecule has 2 aromatic carbocycles. The molecule has 5 nitrogen and oxygen atoms in total. The molecule has 1 aromatic heterocycles. The molecule has 2 N–H and O–H groups in total. The smallest absolute Gasteiger partial charge is 0.251 e. The molecule has 1 heterocycles. The Morgan fingerprint density at radius 3 is 2.75 bits per heavy atom. The van der Waals surface area contributed by atoms with Gasteiger partial charge in [0.15, 0.2) is 0 Å². The second-order valence-electron chi connectivity index (χ2n) is 5.52. The highest BCUT2D eigenvalue weighted by molar-refractivity contribution is 5.96. The number of para-hydroxylation sites is 1. The van der Waals surface area contributed by atoms with Gasteiger partial charge in [-0.1, -0.05) is 24.3 Å². The number of amides is 2. The van der Waals surface area contributed by atoms with Crippen molar-refractivity contribution in [1.29, 1.82) is 0 Å². The normalized spacial score (nSPS) is 10.5. The molecule has 5 heteroatoms. The summed E-state index contributed by atoms with van der Waals surface area (Å²) in [5, 5.41) is 6.63. The van der Waals surface area contributed by atoms with Crippen molar-refractivity contribution in [3.63, 3.8) is 0 Å². The predicted molar refractivity (Wildman–Crippen MR) is 93.0 cm³/mol. The maximum atomic E-state index is 12.2. The van der Waals surface area contributed by atoms with Gasteiger partial charge in [-0.15, -0.1) is 0 Å². The van der Waals surface area contributed by atoms with Crippen LogP contribution in [0.2, 0.25) is 0 Å². The van der Waals surface area contributed by atoms with Crippen LogP contribution in [0.1, 0.15) is 22.8 Å². The Morgan fingerprint density at radius 2 is 1.92 bits per heavy atom. The van der Waals surface area contributed by atoms with E-state index in [1.165, 1.54) is 6.92 Å². The number of furan rings is 1. The summed E-state index contributed by atoms with van der Waals surface area (Å²) in [6.45, 7) is 1.94. The van der Waals surface area contributed by atoms with Crippen LogP contribution in [0, 0.1) is 0 Å². The standard InChI is InChI=1S/C19H18N2O3/c1-13(22)21-16-6-4-5-14(11-16)19(23)20-10-9-15-12-24-18-8-3-2-7-17(15)18/h2-8,11-12H,9-10H2,1H3,(H,20,23)(H,21,22). The molecule has 0 saturated heterocycles. The lowest BCUT2D eigenvalue weighted by atomic mass is 10.1. The maximum Gasteiger partial charge on any atom is 0.251 e. The molecular formula is C19H18N2O3. The van der Waals surface area contributed by atoms with E-state index in [2.05, 4.69) is 10.6 Å². The van der Waals surface area contributed by atoms with E-state index in [0.717, 1.165) is 16.5 Å². The zero-order valence-corrected chi connectivity index (χ0v) is 13.3. The molecule has 122 valence electrons. The molecule has 0 aliphatic carbocycles. The largest absolute Gasteiger partial charge is 0.464 e. The zero-order valence-electron chi connectivity index (χ0n) is 13.3. The van der Waals surface area contributed by atoms with E-state index in [9.17, 15) is 9.59 Å². The number of carbonyl (C=O) groups is 2. The van der Waals surface area contributed by atoms with Crippen molar-refractivity contribution < 1.29 is 14.0 Å². The zero-order chi connectivity index (χ0) is 16.9. The van der Waals surface area contributed by atoms with E-state index < -0.39 is 0 Å². The summed E-state index contributed by atoms with van der Waals surface area (Å²) in [7, 11) is 0. The number of fused-ring (bicyclic) bond motifs is 1. The summed E-state index contributed by atoms with van der Waals surface area (Å²) < 4.78 is 5.49. The average Bonchev–Trinajstić information content (AvgIpc) is 2.98. The van der Waals surface area contributed by atoms with Crippen LogP contribution in [0.25, 0.3) is 11.0 Å². The number of anilines is 1. The van der Waals surface area contributed by atoms with Crippen molar-refractivity contribution in [2.75, 3.05) is 11.9 Å². The lowest BCUT2D eigenvalue weighted by molar-refractivity contribution is -0.114. The van der Waals surface area contributed by atoms with Crippen LogP contribution in [0.15, 0.2) is 59.2 Å². The second-order valence-corrected chi connectivity index (χ2v) is 5.52. The fourth-order valence-electron chi connectivity index (χ4n) is 2.58. The Hall–Kier alpha value is -3.08. The first-order chi connectivity index (χ1) is 11.6. The fourth-order valence-corrected chi connectivity index (χ4v) is 2.58.